The Morgan fingerprint density at radius 3 is 2.50 bits per heavy atom. The second-order valence-corrected chi connectivity index (χ2v) is 6.18. The van der Waals surface area contributed by atoms with E-state index in [-0.39, 0.29) is 16.7 Å². The maximum atomic E-state index is 11.3. The average molecular weight is 218 g/mol. The Balaban J connectivity index is 3.57. The Morgan fingerprint density at radius 1 is 1.50 bits per heavy atom. The van der Waals surface area contributed by atoms with E-state index in [9.17, 15) is 4.79 Å². The predicted octanol–water partition coefficient (Wildman–Crippen LogP) is 1.37. The van der Waals surface area contributed by atoms with Crippen molar-refractivity contribution in [3.63, 3.8) is 0 Å². The van der Waals surface area contributed by atoms with Gasteiger partial charge in [-0.15, -0.1) is 11.8 Å². The summed E-state index contributed by atoms with van der Waals surface area (Å²) in [5.41, 5.74) is 5.68. The number of thioether (sulfide) groups is 1. The monoisotopic (exact) mass is 218 g/mol. The maximum Gasteiger partial charge on any atom is 0.230 e. The summed E-state index contributed by atoms with van der Waals surface area (Å²) < 4.78 is 0.143. The number of carbonyl (C=O) groups is 1. The third kappa shape index (κ3) is 8.38. The Kier molecular flexibility index (Phi) is 6.20. The standard InChI is InChI=1S/C10H22N2OS/c1-5-8(11)6-12-9(13)7-14-10(2,3)4/h8H,5-7,11H2,1-4H3,(H,12,13). The number of nitrogens with one attached hydrogen (secondary N) is 1. The van der Waals surface area contributed by atoms with Crippen LogP contribution in [0.4, 0.5) is 0 Å². The zero-order valence-electron chi connectivity index (χ0n) is 9.59. The summed E-state index contributed by atoms with van der Waals surface area (Å²) >= 11 is 1.65. The van der Waals surface area contributed by atoms with Gasteiger partial charge in [-0.05, 0) is 6.42 Å². The molecule has 0 aliphatic carbocycles. The van der Waals surface area contributed by atoms with Gasteiger partial charge in [-0.1, -0.05) is 27.7 Å². The number of hydrogen-bond donors (Lipinski definition) is 2. The SMILES string of the molecule is CCC(N)CNC(=O)CSC(C)(C)C. The minimum absolute atomic E-state index is 0.0776. The van der Waals surface area contributed by atoms with E-state index < -0.39 is 0 Å². The van der Waals surface area contributed by atoms with Crippen molar-refractivity contribution in [2.45, 2.75) is 44.9 Å². The molecule has 0 aliphatic rings. The molecule has 1 amide bonds. The van der Waals surface area contributed by atoms with Crippen LogP contribution in [-0.2, 0) is 4.79 Å². The quantitative estimate of drug-likeness (QED) is 0.733. The van der Waals surface area contributed by atoms with Gasteiger partial charge in [-0.2, -0.15) is 0 Å². The highest BCUT2D eigenvalue weighted by Gasteiger charge is 2.13. The fraction of sp³-hybridized carbons (Fsp3) is 0.900. The Morgan fingerprint density at radius 2 is 2.07 bits per heavy atom. The molecule has 3 nitrogen and oxygen atoms in total. The first-order valence-corrected chi connectivity index (χ1v) is 6.00. The van der Waals surface area contributed by atoms with Crippen LogP contribution >= 0.6 is 11.8 Å². The van der Waals surface area contributed by atoms with Gasteiger partial charge in [0.25, 0.3) is 0 Å². The Labute approximate surface area is 91.2 Å². The van der Waals surface area contributed by atoms with Crippen molar-refractivity contribution in [1.82, 2.24) is 5.32 Å². The molecule has 0 saturated carbocycles. The third-order valence-corrected chi connectivity index (χ3v) is 2.99. The van der Waals surface area contributed by atoms with E-state index in [1.807, 2.05) is 6.92 Å². The van der Waals surface area contributed by atoms with E-state index in [1.165, 1.54) is 0 Å². The molecular formula is C10H22N2OS. The number of amides is 1. The summed E-state index contributed by atoms with van der Waals surface area (Å²) in [6, 6.07) is 0.0820. The van der Waals surface area contributed by atoms with Crippen LogP contribution in [0.5, 0.6) is 0 Å². The first kappa shape index (κ1) is 13.8. The molecule has 0 aromatic rings. The minimum atomic E-state index is 0.0776. The van der Waals surface area contributed by atoms with Crippen LogP contribution in [0.25, 0.3) is 0 Å². The van der Waals surface area contributed by atoms with Crippen LogP contribution in [0.3, 0.4) is 0 Å². The summed E-state index contributed by atoms with van der Waals surface area (Å²) in [6.45, 7) is 8.90. The smallest absolute Gasteiger partial charge is 0.230 e. The average Bonchev–Trinajstić information content (AvgIpc) is 2.09. The Bertz CT molecular complexity index is 177. The highest BCUT2D eigenvalue weighted by atomic mass is 32.2. The van der Waals surface area contributed by atoms with E-state index in [4.69, 9.17) is 5.73 Å². The second-order valence-electron chi connectivity index (χ2n) is 4.37. The fourth-order valence-corrected chi connectivity index (χ4v) is 1.39. The van der Waals surface area contributed by atoms with Gasteiger partial charge in [0.2, 0.25) is 5.91 Å². The topological polar surface area (TPSA) is 55.1 Å². The summed E-state index contributed by atoms with van der Waals surface area (Å²) in [7, 11) is 0. The van der Waals surface area contributed by atoms with Crippen molar-refractivity contribution in [2.24, 2.45) is 5.73 Å². The summed E-state index contributed by atoms with van der Waals surface area (Å²) in [5.74, 6) is 0.591. The molecule has 84 valence electrons. The van der Waals surface area contributed by atoms with E-state index in [2.05, 4.69) is 26.1 Å². The Hall–Kier alpha value is -0.220. The molecule has 0 rings (SSSR count). The first-order chi connectivity index (χ1) is 6.35. The van der Waals surface area contributed by atoms with Crippen LogP contribution in [0.15, 0.2) is 0 Å². The minimum Gasteiger partial charge on any atom is -0.354 e. The molecule has 1 unspecified atom stereocenters. The van der Waals surface area contributed by atoms with Gasteiger partial charge in [0, 0.05) is 17.3 Å². The van der Waals surface area contributed by atoms with Crippen molar-refractivity contribution in [3.8, 4) is 0 Å². The molecule has 0 heterocycles. The van der Waals surface area contributed by atoms with E-state index in [0.717, 1.165) is 6.42 Å². The molecule has 0 bridgehead atoms. The van der Waals surface area contributed by atoms with Crippen LogP contribution < -0.4 is 11.1 Å². The molecule has 0 spiro atoms. The van der Waals surface area contributed by atoms with Crippen molar-refractivity contribution < 1.29 is 4.79 Å². The summed E-state index contributed by atoms with van der Waals surface area (Å²) in [6.07, 6.45) is 0.896. The highest BCUT2D eigenvalue weighted by Crippen LogP contribution is 2.22. The van der Waals surface area contributed by atoms with Crippen LogP contribution in [0.1, 0.15) is 34.1 Å². The first-order valence-electron chi connectivity index (χ1n) is 5.01. The predicted molar refractivity (Wildman–Crippen MR) is 63.5 cm³/mol. The van der Waals surface area contributed by atoms with Crippen molar-refractivity contribution in [3.05, 3.63) is 0 Å². The molecule has 0 aromatic carbocycles. The maximum absolute atomic E-state index is 11.3. The van der Waals surface area contributed by atoms with Gasteiger partial charge < -0.3 is 11.1 Å². The normalized spacial score (nSPS) is 13.8. The number of hydrogen-bond acceptors (Lipinski definition) is 3. The lowest BCUT2D eigenvalue weighted by Crippen LogP contribution is -2.37. The lowest BCUT2D eigenvalue weighted by molar-refractivity contribution is -0.118. The third-order valence-electron chi connectivity index (χ3n) is 1.72. The molecule has 0 radical (unpaired) electrons. The molecule has 0 fully saturated rings. The zero-order chi connectivity index (χ0) is 11.2. The summed E-state index contributed by atoms with van der Waals surface area (Å²) in [4.78, 5) is 11.3. The van der Waals surface area contributed by atoms with Gasteiger partial charge in [0.1, 0.15) is 0 Å². The van der Waals surface area contributed by atoms with E-state index in [1.54, 1.807) is 11.8 Å². The molecule has 0 saturated heterocycles. The second kappa shape index (κ2) is 6.30. The lowest BCUT2D eigenvalue weighted by atomic mass is 10.2. The largest absolute Gasteiger partial charge is 0.354 e. The van der Waals surface area contributed by atoms with Crippen LogP contribution in [-0.4, -0.2) is 29.0 Å². The van der Waals surface area contributed by atoms with Gasteiger partial charge in [0.15, 0.2) is 0 Å². The number of rotatable bonds is 5. The van der Waals surface area contributed by atoms with Crippen molar-refractivity contribution in [2.75, 3.05) is 12.3 Å². The van der Waals surface area contributed by atoms with Gasteiger partial charge in [-0.3, -0.25) is 4.79 Å². The number of carbonyl (C=O) groups excluding carboxylic acids is 1. The van der Waals surface area contributed by atoms with Crippen molar-refractivity contribution in [1.29, 1.82) is 0 Å². The van der Waals surface area contributed by atoms with Crippen LogP contribution in [0.2, 0.25) is 0 Å². The molecule has 3 N–H and O–H groups in total. The summed E-state index contributed by atoms with van der Waals surface area (Å²) in [5, 5.41) is 2.82. The lowest BCUT2D eigenvalue weighted by Gasteiger charge is -2.17. The van der Waals surface area contributed by atoms with Crippen LogP contribution in [0, 0.1) is 0 Å². The molecule has 1 atom stereocenters. The van der Waals surface area contributed by atoms with Gasteiger partial charge in [-0.25, -0.2) is 0 Å². The molecule has 4 heteroatoms. The highest BCUT2D eigenvalue weighted by molar-refractivity contribution is 8.01. The van der Waals surface area contributed by atoms with Crippen molar-refractivity contribution >= 4 is 17.7 Å². The van der Waals surface area contributed by atoms with E-state index in [0.29, 0.717) is 12.3 Å². The number of nitrogens with two attached hydrogens (primary N) is 1. The molecule has 14 heavy (non-hydrogen) atoms. The molecule has 0 aliphatic heterocycles. The van der Waals surface area contributed by atoms with E-state index >= 15 is 0 Å². The van der Waals surface area contributed by atoms with Gasteiger partial charge >= 0.3 is 0 Å². The molecule has 0 aromatic heterocycles. The molecular weight excluding hydrogens is 196 g/mol. The van der Waals surface area contributed by atoms with Gasteiger partial charge in [0.05, 0.1) is 5.75 Å². The fourth-order valence-electron chi connectivity index (χ4n) is 0.722. The zero-order valence-corrected chi connectivity index (χ0v) is 10.4.